The van der Waals surface area contributed by atoms with Crippen LogP contribution in [0.25, 0.3) is 0 Å². The molecule has 8 nitrogen and oxygen atoms in total. The third kappa shape index (κ3) is 9.80. The topological polar surface area (TPSA) is 129 Å². The zero-order valence-corrected chi connectivity index (χ0v) is 18.4. The third-order valence-corrected chi connectivity index (χ3v) is 4.96. The van der Waals surface area contributed by atoms with Crippen LogP contribution in [-0.2, 0) is 22.7 Å². The predicted molar refractivity (Wildman–Crippen MR) is 124 cm³/mol. The summed E-state index contributed by atoms with van der Waals surface area (Å²) < 4.78 is 10.7. The standard InChI is InChI=1S/C24H34N4O4/c25-15-7-13-21(27-23(29)31-17-19-9-3-1-4-10-19)22(14-8-16-26)28-24(30)32-18-20-11-5-2-6-12-20/h1-6,9-12,21-22H,7-8,13-18,25-26H2,(H,27,29)(H,28,30). The molecule has 0 fully saturated rings. The molecule has 174 valence electrons. The molecule has 0 bridgehead atoms. The Labute approximate surface area is 189 Å². The lowest BCUT2D eigenvalue weighted by Gasteiger charge is -2.28. The molecule has 2 atom stereocenters. The molecule has 0 saturated carbocycles. The monoisotopic (exact) mass is 442 g/mol. The molecule has 2 amide bonds. The fourth-order valence-electron chi connectivity index (χ4n) is 3.26. The lowest BCUT2D eigenvalue weighted by Crippen LogP contribution is -2.52. The van der Waals surface area contributed by atoms with E-state index in [1.165, 1.54) is 0 Å². The minimum Gasteiger partial charge on any atom is -0.445 e. The van der Waals surface area contributed by atoms with Crippen molar-refractivity contribution in [3.63, 3.8) is 0 Å². The molecule has 0 aromatic heterocycles. The predicted octanol–water partition coefficient (Wildman–Crippen LogP) is 3.05. The zero-order chi connectivity index (χ0) is 23.0. The average Bonchev–Trinajstić information content (AvgIpc) is 2.83. The Morgan fingerprint density at radius 2 is 1.06 bits per heavy atom. The van der Waals surface area contributed by atoms with Crippen molar-refractivity contribution in [1.82, 2.24) is 10.6 Å². The second-order valence-corrected chi connectivity index (χ2v) is 7.49. The first-order valence-corrected chi connectivity index (χ1v) is 11.0. The lowest BCUT2D eigenvalue weighted by atomic mass is 9.98. The first-order valence-electron chi connectivity index (χ1n) is 11.0. The summed E-state index contributed by atoms with van der Waals surface area (Å²) in [5, 5.41) is 5.76. The highest BCUT2D eigenvalue weighted by Gasteiger charge is 2.25. The van der Waals surface area contributed by atoms with Gasteiger partial charge in [-0.1, -0.05) is 60.7 Å². The van der Waals surface area contributed by atoms with Crippen LogP contribution in [0.2, 0.25) is 0 Å². The van der Waals surface area contributed by atoms with Crippen LogP contribution in [0, 0.1) is 0 Å². The molecule has 32 heavy (non-hydrogen) atoms. The fourth-order valence-corrected chi connectivity index (χ4v) is 3.26. The second kappa shape index (κ2) is 14.8. The van der Waals surface area contributed by atoms with Crippen molar-refractivity contribution in [1.29, 1.82) is 0 Å². The molecule has 6 N–H and O–H groups in total. The summed E-state index contributed by atoms with van der Waals surface area (Å²) in [5.74, 6) is 0. The van der Waals surface area contributed by atoms with Gasteiger partial charge in [0.15, 0.2) is 0 Å². The number of nitrogens with two attached hydrogens (primary N) is 2. The minimum absolute atomic E-state index is 0.163. The van der Waals surface area contributed by atoms with Crippen LogP contribution in [0.4, 0.5) is 9.59 Å². The van der Waals surface area contributed by atoms with Crippen molar-refractivity contribution >= 4 is 12.2 Å². The van der Waals surface area contributed by atoms with E-state index in [-0.39, 0.29) is 25.3 Å². The highest BCUT2D eigenvalue weighted by molar-refractivity contribution is 5.69. The van der Waals surface area contributed by atoms with Crippen molar-refractivity contribution in [3.05, 3.63) is 71.8 Å². The van der Waals surface area contributed by atoms with Crippen molar-refractivity contribution in [2.45, 2.75) is 51.0 Å². The number of alkyl carbamates (subject to hydrolysis) is 2. The summed E-state index contributed by atoms with van der Waals surface area (Å²) in [6.07, 6.45) is 1.45. The highest BCUT2D eigenvalue weighted by Crippen LogP contribution is 2.11. The number of hydrogen-bond donors (Lipinski definition) is 4. The summed E-state index contributed by atoms with van der Waals surface area (Å²) in [5.41, 5.74) is 13.1. The Morgan fingerprint density at radius 1 is 0.688 bits per heavy atom. The van der Waals surface area contributed by atoms with Gasteiger partial charge < -0.3 is 31.6 Å². The van der Waals surface area contributed by atoms with Gasteiger partial charge in [-0.25, -0.2) is 9.59 Å². The maximum absolute atomic E-state index is 12.4. The second-order valence-electron chi connectivity index (χ2n) is 7.49. The molecule has 2 aromatic rings. The van der Waals surface area contributed by atoms with E-state index in [9.17, 15) is 9.59 Å². The lowest BCUT2D eigenvalue weighted by molar-refractivity contribution is 0.121. The number of benzene rings is 2. The Bertz CT molecular complexity index is 722. The van der Waals surface area contributed by atoms with Crippen LogP contribution in [0.1, 0.15) is 36.8 Å². The van der Waals surface area contributed by atoms with Crippen LogP contribution < -0.4 is 22.1 Å². The van der Waals surface area contributed by atoms with E-state index in [0.717, 1.165) is 11.1 Å². The van der Waals surface area contributed by atoms with Gasteiger partial charge in [0.2, 0.25) is 0 Å². The smallest absolute Gasteiger partial charge is 0.407 e. The summed E-state index contributed by atoms with van der Waals surface area (Å²) in [4.78, 5) is 24.9. The molecule has 0 spiro atoms. The van der Waals surface area contributed by atoms with E-state index < -0.39 is 12.2 Å². The Kier molecular flexibility index (Phi) is 11.7. The number of hydrogen-bond acceptors (Lipinski definition) is 6. The van der Waals surface area contributed by atoms with E-state index in [2.05, 4.69) is 10.6 Å². The fraction of sp³-hybridized carbons (Fsp3) is 0.417. The first kappa shape index (κ1) is 25.2. The molecule has 0 saturated heterocycles. The van der Waals surface area contributed by atoms with Gasteiger partial charge in [-0.3, -0.25) is 0 Å². The van der Waals surface area contributed by atoms with Crippen molar-refractivity contribution in [2.75, 3.05) is 13.1 Å². The van der Waals surface area contributed by atoms with Gasteiger partial charge in [0.05, 0.1) is 12.1 Å². The first-order chi connectivity index (χ1) is 15.6. The van der Waals surface area contributed by atoms with Crippen LogP contribution >= 0.6 is 0 Å². The molecular formula is C24H34N4O4. The van der Waals surface area contributed by atoms with E-state index in [1.54, 1.807) is 0 Å². The van der Waals surface area contributed by atoms with E-state index >= 15 is 0 Å². The third-order valence-electron chi connectivity index (χ3n) is 4.96. The van der Waals surface area contributed by atoms with Gasteiger partial charge >= 0.3 is 12.2 Å². The largest absolute Gasteiger partial charge is 0.445 e. The molecule has 0 aliphatic heterocycles. The SMILES string of the molecule is NCCCC(NC(=O)OCc1ccccc1)C(CCCN)NC(=O)OCc1ccccc1. The van der Waals surface area contributed by atoms with Gasteiger partial charge in [0, 0.05) is 0 Å². The van der Waals surface area contributed by atoms with Gasteiger partial charge in [0.1, 0.15) is 13.2 Å². The highest BCUT2D eigenvalue weighted by atomic mass is 16.6. The van der Waals surface area contributed by atoms with Gasteiger partial charge in [-0.2, -0.15) is 0 Å². The van der Waals surface area contributed by atoms with E-state index in [4.69, 9.17) is 20.9 Å². The van der Waals surface area contributed by atoms with Gasteiger partial charge in [-0.05, 0) is 49.9 Å². The number of amides is 2. The zero-order valence-electron chi connectivity index (χ0n) is 18.4. The Morgan fingerprint density at radius 3 is 1.41 bits per heavy atom. The normalized spacial score (nSPS) is 12.4. The molecule has 0 aliphatic rings. The molecule has 2 aromatic carbocycles. The van der Waals surface area contributed by atoms with E-state index in [0.29, 0.717) is 38.8 Å². The number of nitrogens with one attached hydrogen (secondary N) is 2. The maximum Gasteiger partial charge on any atom is 0.407 e. The summed E-state index contributed by atoms with van der Waals surface area (Å²) in [6, 6.07) is 18.1. The molecular weight excluding hydrogens is 408 g/mol. The summed E-state index contributed by atoms with van der Waals surface area (Å²) in [6.45, 7) is 1.27. The molecule has 0 heterocycles. The van der Waals surface area contributed by atoms with Crippen molar-refractivity contribution in [3.8, 4) is 0 Å². The number of ether oxygens (including phenoxy) is 2. The van der Waals surface area contributed by atoms with E-state index in [1.807, 2.05) is 60.7 Å². The Hall–Kier alpha value is -3.10. The van der Waals surface area contributed by atoms with Gasteiger partial charge in [0.25, 0.3) is 0 Å². The molecule has 0 aliphatic carbocycles. The van der Waals surface area contributed by atoms with Gasteiger partial charge in [-0.15, -0.1) is 0 Å². The quantitative estimate of drug-likeness (QED) is 0.377. The number of carbonyl (C=O) groups excluding carboxylic acids is 2. The maximum atomic E-state index is 12.4. The van der Waals surface area contributed by atoms with Crippen LogP contribution in [0.5, 0.6) is 0 Å². The molecule has 8 heteroatoms. The molecule has 2 unspecified atom stereocenters. The minimum atomic E-state index is -0.548. The molecule has 2 rings (SSSR count). The van der Waals surface area contributed by atoms with Crippen LogP contribution in [0.15, 0.2) is 60.7 Å². The summed E-state index contributed by atoms with van der Waals surface area (Å²) >= 11 is 0. The molecule has 0 radical (unpaired) electrons. The van der Waals surface area contributed by atoms with Crippen molar-refractivity contribution in [2.24, 2.45) is 11.5 Å². The van der Waals surface area contributed by atoms with Crippen molar-refractivity contribution < 1.29 is 19.1 Å². The Balaban J connectivity index is 1.95. The van der Waals surface area contributed by atoms with Crippen LogP contribution in [-0.4, -0.2) is 37.4 Å². The average molecular weight is 443 g/mol. The summed E-state index contributed by atoms with van der Waals surface area (Å²) in [7, 11) is 0. The number of carbonyl (C=O) groups is 2. The number of rotatable bonds is 13. The van der Waals surface area contributed by atoms with Crippen LogP contribution in [0.3, 0.4) is 0 Å².